The SMILES string of the molecule is CN(C)CC(=O)N[C@H]1CC[C@@H](CCn2cc(CN(C)C)nn2)O[C@@H]1CO. The molecule has 3 atom stereocenters. The molecule has 1 aliphatic rings. The first-order chi connectivity index (χ1) is 12.4. The second kappa shape index (κ2) is 9.96. The molecule has 1 amide bonds. The Morgan fingerprint density at radius 3 is 2.77 bits per heavy atom. The number of rotatable bonds is 9. The zero-order valence-corrected chi connectivity index (χ0v) is 16.3. The number of aromatic nitrogens is 3. The van der Waals surface area contributed by atoms with Crippen molar-refractivity contribution in [3.8, 4) is 0 Å². The van der Waals surface area contributed by atoms with Gasteiger partial charge in [0.1, 0.15) is 6.10 Å². The highest BCUT2D eigenvalue weighted by atomic mass is 16.5. The van der Waals surface area contributed by atoms with Crippen LogP contribution in [0.3, 0.4) is 0 Å². The van der Waals surface area contributed by atoms with Gasteiger partial charge in [0.15, 0.2) is 0 Å². The fourth-order valence-corrected chi connectivity index (χ4v) is 3.17. The van der Waals surface area contributed by atoms with E-state index in [1.165, 1.54) is 0 Å². The first kappa shape index (κ1) is 20.8. The van der Waals surface area contributed by atoms with E-state index in [1.807, 2.05) is 44.0 Å². The number of ether oxygens (including phenoxy) is 1. The van der Waals surface area contributed by atoms with E-state index in [0.29, 0.717) is 6.54 Å². The summed E-state index contributed by atoms with van der Waals surface area (Å²) in [5, 5.41) is 20.9. The Labute approximate surface area is 155 Å². The minimum Gasteiger partial charge on any atom is -0.394 e. The summed E-state index contributed by atoms with van der Waals surface area (Å²) < 4.78 is 7.83. The lowest BCUT2D eigenvalue weighted by molar-refractivity contribution is -0.129. The Hall–Kier alpha value is -1.55. The molecule has 2 rings (SSSR count). The Morgan fingerprint density at radius 2 is 2.12 bits per heavy atom. The number of aliphatic hydroxyl groups is 1. The van der Waals surface area contributed by atoms with E-state index in [9.17, 15) is 9.90 Å². The van der Waals surface area contributed by atoms with E-state index < -0.39 is 0 Å². The second-order valence-electron chi connectivity index (χ2n) is 7.47. The molecule has 1 aliphatic heterocycles. The fourth-order valence-electron chi connectivity index (χ4n) is 3.17. The van der Waals surface area contributed by atoms with E-state index in [-0.39, 0.29) is 30.8 Å². The maximum Gasteiger partial charge on any atom is 0.234 e. The molecule has 0 saturated carbocycles. The molecule has 0 unspecified atom stereocenters. The lowest BCUT2D eigenvalue weighted by atomic mass is 9.97. The van der Waals surface area contributed by atoms with Gasteiger partial charge in [0.05, 0.1) is 31.0 Å². The first-order valence-corrected chi connectivity index (χ1v) is 9.11. The summed E-state index contributed by atoms with van der Waals surface area (Å²) in [6.07, 6.45) is 4.10. The number of hydrogen-bond donors (Lipinski definition) is 2. The molecule has 9 heteroatoms. The third-order valence-corrected chi connectivity index (χ3v) is 4.35. The Kier molecular flexibility index (Phi) is 7.95. The molecule has 0 aromatic carbocycles. The zero-order valence-electron chi connectivity index (χ0n) is 16.3. The average Bonchev–Trinajstić information content (AvgIpc) is 2.99. The number of aliphatic hydroxyl groups excluding tert-OH is 1. The highest BCUT2D eigenvalue weighted by Crippen LogP contribution is 2.22. The molecule has 1 aromatic rings. The number of nitrogens with zero attached hydrogens (tertiary/aromatic N) is 5. The van der Waals surface area contributed by atoms with Gasteiger partial charge in [-0.15, -0.1) is 5.10 Å². The predicted octanol–water partition coefficient (Wildman–Crippen LogP) is -0.684. The van der Waals surface area contributed by atoms with Gasteiger partial charge in [-0.2, -0.15) is 0 Å². The van der Waals surface area contributed by atoms with Crippen LogP contribution in [0.15, 0.2) is 6.20 Å². The molecule has 9 nitrogen and oxygen atoms in total. The Bertz CT molecular complexity index is 562. The number of aryl methyl sites for hydroxylation is 1. The van der Waals surface area contributed by atoms with Crippen LogP contribution in [-0.2, 0) is 22.6 Å². The van der Waals surface area contributed by atoms with Crippen molar-refractivity contribution in [2.24, 2.45) is 0 Å². The number of nitrogens with one attached hydrogen (secondary N) is 1. The fraction of sp³-hybridized carbons (Fsp3) is 0.824. The molecule has 1 aromatic heterocycles. The van der Waals surface area contributed by atoms with Crippen molar-refractivity contribution in [3.63, 3.8) is 0 Å². The summed E-state index contributed by atoms with van der Waals surface area (Å²) >= 11 is 0. The number of carbonyl (C=O) groups is 1. The Morgan fingerprint density at radius 1 is 1.35 bits per heavy atom. The van der Waals surface area contributed by atoms with Crippen LogP contribution in [0, 0.1) is 0 Å². The minimum absolute atomic E-state index is 0.0449. The van der Waals surface area contributed by atoms with E-state index in [4.69, 9.17) is 4.74 Å². The van der Waals surface area contributed by atoms with Gasteiger partial charge >= 0.3 is 0 Å². The van der Waals surface area contributed by atoms with Crippen LogP contribution in [0.25, 0.3) is 0 Å². The first-order valence-electron chi connectivity index (χ1n) is 9.11. The summed E-state index contributed by atoms with van der Waals surface area (Å²) in [4.78, 5) is 15.8. The minimum atomic E-state index is -0.361. The van der Waals surface area contributed by atoms with Crippen molar-refractivity contribution in [1.82, 2.24) is 30.1 Å². The van der Waals surface area contributed by atoms with Crippen molar-refractivity contribution in [2.75, 3.05) is 41.3 Å². The summed E-state index contributed by atoms with van der Waals surface area (Å²) in [6, 6.07) is -0.137. The van der Waals surface area contributed by atoms with Gasteiger partial charge in [-0.25, -0.2) is 0 Å². The maximum atomic E-state index is 11.9. The smallest absolute Gasteiger partial charge is 0.234 e. The summed E-state index contributed by atoms with van der Waals surface area (Å²) in [6.45, 7) is 1.72. The third-order valence-electron chi connectivity index (χ3n) is 4.35. The molecule has 0 aliphatic carbocycles. The largest absolute Gasteiger partial charge is 0.394 e. The van der Waals surface area contributed by atoms with Crippen LogP contribution < -0.4 is 5.32 Å². The highest BCUT2D eigenvalue weighted by molar-refractivity contribution is 5.78. The van der Waals surface area contributed by atoms with E-state index in [0.717, 1.165) is 38.0 Å². The van der Waals surface area contributed by atoms with E-state index in [1.54, 1.807) is 0 Å². The molecule has 0 radical (unpaired) electrons. The topological polar surface area (TPSA) is 95.8 Å². The van der Waals surface area contributed by atoms with Gasteiger partial charge in [-0.05, 0) is 47.5 Å². The normalized spacial score (nSPS) is 23.6. The number of hydrogen-bond acceptors (Lipinski definition) is 7. The quantitative estimate of drug-likeness (QED) is 0.596. The van der Waals surface area contributed by atoms with Gasteiger partial charge in [0, 0.05) is 19.3 Å². The lowest BCUT2D eigenvalue weighted by Gasteiger charge is -2.36. The van der Waals surface area contributed by atoms with Crippen LogP contribution >= 0.6 is 0 Å². The highest BCUT2D eigenvalue weighted by Gasteiger charge is 2.31. The van der Waals surface area contributed by atoms with Gasteiger partial charge in [-0.3, -0.25) is 9.48 Å². The predicted molar refractivity (Wildman–Crippen MR) is 97.5 cm³/mol. The summed E-state index contributed by atoms with van der Waals surface area (Å²) in [5.41, 5.74) is 0.941. The van der Waals surface area contributed by atoms with Crippen molar-refractivity contribution < 1.29 is 14.6 Å². The summed E-state index contributed by atoms with van der Waals surface area (Å²) in [7, 11) is 7.70. The van der Waals surface area contributed by atoms with Crippen LogP contribution in [0.5, 0.6) is 0 Å². The number of carbonyl (C=O) groups excluding carboxylic acids is 1. The van der Waals surface area contributed by atoms with Crippen molar-refractivity contribution >= 4 is 5.91 Å². The molecule has 148 valence electrons. The Balaban J connectivity index is 1.79. The molecule has 2 heterocycles. The second-order valence-corrected chi connectivity index (χ2v) is 7.47. The van der Waals surface area contributed by atoms with E-state index >= 15 is 0 Å². The van der Waals surface area contributed by atoms with Gasteiger partial charge in [0.25, 0.3) is 0 Å². The standard InChI is InChI=1S/C17H32N6O3/c1-21(2)9-13-10-23(20-19-13)8-7-14-5-6-15(16(12-24)26-14)18-17(25)11-22(3)4/h10,14-16,24H,5-9,11-12H2,1-4H3,(H,18,25)/t14-,15-,16+/m0/s1. The van der Waals surface area contributed by atoms with Crippen LogP contribution in [-0.4, -0.2) is 95.4 Å². The molecule has 26 heavy (non-hydrogen) atoms. The average molecular weight is 368 g/mol. The van der Waals surface area contributed by atoms with Crippen molar-refractivity contribution in [3.05, 3.63) is 11.9 Å². The molecule has 1 fully saturated rings. The van der Waals surface area contributed by atoms with Gasteiger partial charge in [-0.1, -0.05) is 5.21 Å². The van der Waals surface area contributed by atoms with Crippen molar-refractivity contribution in [1.29, 1.82) is 0 Å². The monoisotopic (exact) mass is 368 g/mol. The van der Waals surface area contributed by atoms with Gasteiger partial charge < -0.3 is 25.0 Å². The molecule has 2 N–H and O–H groups in total. The third kappa shape index (κ3) is 6.64. The summed E-state index contributed by atoms with van der Waals surface area (Å²) in [5.74, 6) is -0.0449. The van der Waals surface area contributed by atoms with Crippen molar-refractivity contribution in [2.45, 2.75) is 50.6 Å². The molecular formula is C17H32N6O3. The maximum absolute atomic E-state index is 11.9. The van der Waals surface area contributed by atoms with Crippen LogP contribution in [0.1, 0.15) is 25.0 Å². The number of amides is 1. The molecule has 1 saturated heterocycles. The lowest BCUT2D eigenvalue weighted by Crippen LogP contribution is -2.52. The zero-order chi connectivity index (χ0) is 19.1. The van der Waals surface area contributed by atoms with Crippen LogP contribution in [0.4, 0.5) is 0 Å². The molecule has 0 spiro atoms. The number of likely N-dealkylation sites (N-methyl/N-ethyl adjacent to an activating group) is 1. The van der Waals surface area contributed by atoms with E-state index in [2.05, 4.69) is 20.5 Å². The molecule has 0 bridgehead atoms. The van der Waals surface area contributed by atoms with Crippen LogP contribution in [0.2, 0.25) is 0 Å². The molecular weight excluding hydrogens is 336 g/mol. The van der Waals surface area contributed by atoms with Gasteiger partial charge in [0.2, 0.25) is 5.91 Å².